The van der Waals surface area contributed by atoms with E-state index in [0.29, 0.717) is 28.3 Å². The van der Waals surface area contributed by atoms with Gasteiger partial charge < -0.3 is 19.0 Å². The number of hydrogen-bond acceptors (Lipinski definition) is 7. The molecule has 0 spiro atoms. The molecule has 1 N–H and O–H groups in total. The van der Waals surface area contributed by atoms with E-state index in [0.717, 1.165) is 11.1 Å². The molecule has 8 nitrogen and oxygen atoms in total. The van der Waals surface area contributed by atoms with Gasteiger partial charge in [0.15, 0.2) is 6.61 Å². The lowest BCUT2D eigenvalue weighted by Crippen LogP contribution is -2.10. The molecule has 0 fully saturated rings. The van der Waals surface area contributed by atoms with Crippen molar-refractivity contribution < 1.29 is 28.2 Å². The molecule has 158 valence electrons. The van der Waals surface area contributed by atoms with E-state index in [1.165, 1.54) is 12.3 Å². The van der Waals surface area contributed by atoms with Crippen molar-refractivity contribution in [2.75, 3.05) is 6.61 Å². The van der Waals surface area contributed by atoms with E-state index in [1.54, 1.807) is 31.2 Å². The van der Waals surface area contributed by atoms with E-state index < -0.39 is 12.6 Å². The molecule has 2 aromatic heterocycles. The van der Waals surface area contributed by atoms with Crippen LogP contribution >= 0.6 is 0 Å². The van der Waals surface area contributed by atoms with Crippen LogP contribution in [-0.4, -0.2) is 32.6 Å². The Morgan fingerprint density at radius 3 is 2.52 bits per heavy atom. The fourth-order valence-corrected chi connectivity index (χ4v) is 3.07. The number of aromatic nitrogens is 3. The molecule has 0 amide bonds. The number of aryl methyl sites for hydroxylation is 3. The van der Waals surface area contributed by atoms with Gasteiger partial charge in [0.05, 0.1) is 6.20 Å². The molecule has 0 saturated carbocycles. The molecule has 0 aliphatic carbocycles. The highest BCUT2D eigenvalue weighted by Crippen LogP contribution is 2.31. The summed E-state index contributed by atoms with van der Waals surface area (Å²) in [4.78, 5) is 23.5. The molecule has 0 aliphatic rings. The van der Waals surface area contributed by atoms with Gasteiger partial charge >= 0.3 is 12.0 Å². The SMILES string of the molecule is Cc1ccc(Oc2ncc3nc(-c4cc(C)c(OCC(=O)O)c(C)c4)oc3n2)cc1F. The molecule has 0 unspecified atom stereocenters. The van der Waals surface area contributed by atoms with Gasteiger partial charge in [0.2, 0.25) is 5.89 Å². The molecule has 4 aromatic rings. The number of rotatable bonds is 6. The van der Waals surface area contributed by atoms with Crippen molar-refractivity contribution in [1.82, 2.24) is 15.0 Å². The second-order valence-electron chi connectivity index (χ2n) is 7.00. The molecule has 2 aromatic carbocycles. The van der Waals surface area contributed by atoms with Crippen LogP contribution in [0.15, 0.2) is 40.9 Å². The molecule has 0 radical (unpaired) electrons. The van der Waals surface area contributed by atoms with E-state index in [2.05, 4.69) is 15.0 Å². The van der Waals surface area contributed by atoms with Gasteiger partial charge in [-0.1, -0.05) is 6.07 Å². The lowest BCUT2D eigenvalue weighted by Gasteiger charge is -2.11. The van der Waals surface area contributed by atoms with Crippen molar-refractivity contribution >= 4 is 17.2 Å². The minimum Gasteiger partial charge on any atom is -0.481 e. The average Bonchev–Trinajstić information content (AvgIpc) is 3.13. The van der Waals surface area contributed by atoms with E-state index in [-0.39, 0.29) is 23.3 Å². The standard InChI is InChI=1S/C22H18FN3O5/c1-11-4-5-15(8-16(11)23)30-22-24-9-17-21(26-22)31-20(25-17)14-6-12(2)19(13(3)7-14)29-10-18(27)28/h4-9H,10H2,1-3H3,(H,27,28). The van der Waals surface area contributed by atoms with E-state index >= 15 is 0 Å². The maximum Gasteiger partial charge on any atom is 0.341 e. The topological polar surface area (TPSA) is 108 Å². The maximum atomic E-state index is 13.7. The Bertz CT molecular complexity index is 1280. The van der Waals surface area contributed by atoms with Crippen LogP contribution in [0.3, 0.4) is 0 Å². The smallest absolute Gasteiger partial charge is 0.341 e. The summed E-state index contributed by atoms with van der Waals surface area (Å²) in [6.45, 7) is 4.85. The molecular weight excluding hydrogens is 405 g/mol. The fraction of sp³-hybridized carbons (Fsp3) is 0.182. The minimum absolute atomic E-state index is 0.00299. The van der Waals surface area contributed by atoms with Crippen LogP contribution in [0.4, 0.5) is 4.39 Å². The molecule has 0 atom stereocenters. The zero-order valence-corrected chi connectivity index (χ0v) is 17.0. The number of carbonyl (C=O) groups is 1. The van der Waals surface area contributed by atoms with Crippen LogP contribution in [-0.2, 0) is 4.79 Å². The molecule has 9 heteroatoms. The van der Waals surface area contributed by atoms with Crippen molar-refractivity contribution in [3.63, 3.8) is 0 Å². The van der Waals surface area contributed by atoms with Crippen LogP contribution in [0.2, 0.25) is 0 Å². The predicted octanol–water partition coefficient (Wildman–Crippen LogP) is 4.60. The summed E-state index contributed by atoms with van der Waals surface area (Å²) in [6.07, 6.45) is 1.46. The van der Waals surface area contributed by atoms with Gasteiger partial charge in [0.1, 0.15) is 22.8 Å². The summed E-state index contributed by atoms with van der Waals surface area (Å²) in [5.74, 6) is -0.346. The summed E-state index contributed by atoms with van der Waals surface area (Å²) in [7, 11) is 0. The summed E-state index contributed by atoms with van der Waals surface area (Å²) >= 11 is 0. The first-order chi connectivity index (χ1) is 14.8. The van der Waals surface area contributed by atoms with Gasteiger partial charge in [0, 0.05) is 11.6 Å². The number of benzene rings is 2. The van der Waals surface area contributed by atoms with Crippen molar-refractivity contribution in [2.45, 2.75) is 20.8 Å². The minimum atomic E-state index is -1.05. The molecule has 0 saturated heterocycles. The Hall–Kier alpha value is -4.01. The first kappa shape index (κ1) is 20.3. The number of carboxylic acids is 1. The lowest BCUT2D eigenvalue weighted by molar-refractivity contribution is -0.139. The molecule has 2 heterocycles. The quantitative estimate of drug-likeness (QED) is 0.479. The number of nitrogens with zero attached hydrogens (tertiary/aromatic N) is 3. The fourth-order valence-electron chi connectivity index (χ4n) is 3.07. The molecule has 0 aliphatic heterocycles. The Kier molecular flexibility index (Phi) is 5.24. The maximum absolute atomic E-state index is 13.7. The van der Waals surface area contributed by atoms with Crippen LogP contribution in [0, 0.1) is 26.6 Å². The Labute approximate surface area is 176 Å². The molecule has 4 rings (SSSR count). The van der Waals surface area contributed by atoms with E-state index in [9.17, 15) is 9.18 Å². The second kappa shape index (κ2) is 8.02. The molecule has 0 bridgehead atoms. The zero-order chi connectivity index (χ0) is 22.1. The molecule has 31 heavy (non-hydrogen) atoms. The van der Waals surface area contributed by atoms with Gasteiger partial charge in [-0.05, 0) is 55.7 Å². The predicted molar refractivity (Wildman–Crippen MR) is 109 cm³/mol. The van der Waals surface area contributed by atoms with Crippen LogP contribution in [0.1, 0.15) is 16.7 Å². The lowest BCUT2D eigenvalue weighted by atomic mass is 10.1. The highest BCUT2D eigenvalue weighted by molar-refractivity contribution is 5.73. The van der Waals surface area contributed by atoms with E-state index in [1.807, 2.05) is 13.8 Å². The molecular formula is C22H18FN3O5. The summed E-state index contributed by atoms with van der Waals surface area (Å²) < 4.78 is 30.4. The number of halogens is 1. The highest BCUT2D eigenvalue weighted by Gasteiger charge is 2.15. The average molecular weight is 423 g/mol. The highest BCUT2D eigenvalue weighted by atomic mass is 19.1. The third-order valence-electron chi connectivity index (χ3n) is 4.53. The Morgan fingerprint density at radius 2 is 1.84 bits per heavy atom. The van der Waals surface area contributed by atoms with Gasteiger partial charge in [0.25, 0.3) is 5.71 Å². The van der Waals surface area contributed by atoms with Gasteiger partial charge in [-0.15, -0.1) is 0 Å². The zero-order valence-electron chi connectivity index (χ0n) is 17.0. The normalized spacial score (nSPS) is 11.0. The summed E-state index contributed by atoms with van der Waals surface area (Å²) in [6, 6.07) is 8.06. The number of carboxylic acid groups (broad SMARTS) is 1. The van der Waals surface area contributed by atoms with Crippen LogP contribution in [0.25, 0.3) is 22.7 Å². The van der Waals surface area contributed by atoms with Crippen molar-refractivity contribution in [1.29, 1.82) is 0 Å². The summed E-state index contributed by atoms with van der Waals surface area (Å²) in [5.41, 5.74) is 3.32. The van der Waals surface area contributed by atoms with Gasteiger partial charge in [-0.2, -0.15) is 4.98 Å². The van der Waals surface area contributed by atoms with Gasteiger partial charge in [-0.3, -0.25) is 0 Å². The largest absolute Gasteiger partial charge is 0.481 e. The second-order valence-corrected chi connectivity index (χ2v) is 7.00. The van der Waals surface area contributed by atoms with Gasteiger partial charge in [-0.25, -0.2) is 19.2 Å². The number of fused-ring (bicyclic) bond motifs is 1. The Morgan fingerprint density at radius 1 is 1.10 bits per heavy atom. The third kappa shape index (κ3) is 4.30. The first-order valence-electron chi connectivity index (χ1n) is 9.34. The monoisotopic (exact) mass is 423 g/mol. The van der Waals surface area contributed by atoms with E-state index in [4.69, 9.17) is 19.0 Å². The summed E-state index contributed by atoms with van der Waals surface area (Å²) in [5, 5.41) is 8.82. The third-order valence-corrected chi connectivity index (χ3v) is 4.53. The van der Waals surface area contributed by atoms with Crippen LogP contribution in [0.5, 0.6) is 17.5 Å². The Balaban J connectivity index is 1.62. The number of oxazole rings is 1. The first-order valence-corrected chi connectivity index (χ1v) is 9.34. The number of aliphatic carboxylic acids is 1. The van der Waals surface area contributed by atoms with Crippen molar-refractivity contribution in [2.24, 2.45) is 0 Å². The number of ether oxygens (including phenoxy) is 2. The van der Waals surface area contributed by atoms with Crippen molar-refractivity contribution in [3.05, 3.63) is 59.0 Å². The number of hydrogen-bond donors (Lipinski definition) is 1. The van der Waals surface area contributed by atoms with Crippen molar-refractivity contribution in [3.8, 4) is 29.0 Å². The van der Waals surface area contributed by atoms with Crippen LogP contribution < -0.4 is 9.47 Å².